The number of allylic oxidation sites excluding steroid dienone is 6. The van der Waals surface area contributed by atoms with Gasteiger partial charge in [-0.2, -0.15) is 0 Å². The molecule has 0 aromatic heterocycles. The van der Waals surface area contributed by atoms with Crippen LogP contribution in [0.2, 0.25) is 0 Å². The van der Waals surface area contributed by atoms with Gasteiger partial charge in [-0.25, -0.2) is 0 Å². The number of aliphatic hydroxyl groups excluding tert-OH is 4. The first-order valence-electron chi connectivity index (χ1n) is 28.3. The molecule has 3 aliphatic carbocycles. The van der Waals surface area contributed by atoms with Gasteiger partial charge in [0.05, 0.1) is 30.5 Å². The molecule has 2 spiro atoms. The number of β-amino-alcohol motifs (C(OH)–C–C–N with tert-alkyl or cyclic N) is 1. The van der Waals surface area contributed by atoms with Crippen molar-refractivity contribution in [3.05, 3.63) is 171 Å². The summed E-state index contributed by atoms with van der Waals surface area (Å²) in [5.74, 6) is -2.37. The minimum Gasteiger partial charge on any atom is -0.508 e. The second-order valence-electron chi connectivity index (χ2n) is 23.7. The number of nitrogens with one attached hydrogen (secondary N) is 3. The molecule has 3 aromatic rings. The molecule has 2 aliphatic heterocycles. The molecule has 2 saturated carbocycles. The van der Waals surface area contributed by atoms with Crippen molar-refractivity contribution in [1.29, 1.82) is 0 Å². The van der Waals surface area contributed by atoms with Crippen LogP contribution < -0.4 is 33.2 Å². The minimum absolute atomic E-state index is 0.0638. The summed E-state index contributed by atoms with van der Waals surface area (Å²) >= 11 is 0. The molecule has 430 valence electrons. The number of phenols is 1. The van der Waals surface area contributed by atoms with Gasteiger partial charge in [0.1, 0.15) is 23.7 Å². The summed E-state index contributed by atoms with van der Waals surface area (Å²) < 4.78 is 0. The number of amides is 1. The van der Waals surface area contributed by atoms with Crippen molar-refractivity contribution in [2.75, 3.05) is 26.2 Å². The van der Waals surface area contributed by atoms with Crippen molar-refractivity contribution < 1.29 is 45.3 Å². The number of carbonyl (C=O) groups excluding carboxylic acids is 2. The van der Waals surface area contributed by atoms with Crippen LogP contribution in [0.4, 0.5) is 0 Å². The SMILES string of the molecule is C=C(/C=C1\C=C[C@@]2(CC[C@@]3([C@@H]4CC[C@@H](O)Cc5cccc(c5)C[C@H]([C@H](CN=C(N)N)c5ccc(O)cc5)[C@H](O)CN[C@H]5C(=O)N[C@@H](N)c6cccc(c65)CC(=O)/C(C)=C/4CC[C@@]3(C)O)[C@@H]2O)C(CO)=C1)[C@](O)(CC=C(C)C)NCC. The van der Waals surface area contributed by atoms with Crippen LogP contribution in [0.5, 0.6) is 5.75 Å². The fourth-order valence-electron chi connectivity index (χ4n) is 14.0. The molecule has 16 heteroatoms. The number of nitrogens with two attached hydrogens (primary N) is 3. The number of aliphatic hydroxyl groups is 6. The number of hydrogen-bond acceptors (Lipinski definition) is 13. The standard InChI is InChI=1S/C64H85N7O9/c1-7-70-64(80,25-20-37(2)3)38(4)28-42-21-24-62(45(30-42)36-72)26-27-63(59(62)78)52-19-18-47(74)31-40-10-8-11-41(29-40)32-50(51(34-69-60(66)67)43-14-16-46(73)17-15-43)54(76)35-68-56-55-44(12-9-13-49(55)57(65)71-58(56)77)33-53(75)39(5)48(52)22-23-61(63,6)79/h8-17,20-21,24,28-30,47,50-52,54,56-57,59,68,70,72-74,76,78-80H,4,7,18-19,22-23,25-27,31-36,65H2,1-3,5-6H3,(H,71,77)(H4,66,67,69)/b42-28+,48-39+/t47-,50-,51-,52-,54-,56-,57-,59-,61-,62-,63-,64-/m1/s1. The number of nitrogens with zero attached hydrogens (tertiary/aromatic N) is 1. The first-order valence-corrected chi connectivity index (χ1v) is 28.3. The largest absolute Gasteiger partial charge is 0.508 e. The Hall–Kier alpha value is -6.05. The lowest BCUT2D eigenvalue weighted by molar-refractivity contribution is -0.174. The van der Waals surface area contributed by atoms with Gasteiger partial charge in [0.2, 0.25) is 5.91 Å². The highest BCUT2D eigenvalue weighted by atomic mass is 16.3. The summed E-state index contributed by atoms with van der Waals surface area (Å²) in [6.07, 6.45) is 7.85. The zero-order chi connectivity index (χ0) is 57.9. The second-order valence-corrected chi connectivity index (χ2v) is 23.7. The van der Waals surface area contributed by atoms with Crippen LogP contribution in [-0.2, 0) is 28.9 Å². The molecule has 0 unspecified atom stereocenters. The fraction of sp³-hybridized carbons (Fsp3) is 0.484. The third-order valence-electron chi connectivity index (χ3n) is 18.4. The molecule has 16 N–H and O–H groups in total. The van der Waals surface area contributed by atoms with E-state index >= 15 is 4.79 Å². The predicted molar refractivity (Wildman–Crippen MR) is 311 cm³/mol. The van der Waals surface area contributed by atoms with E-state index in [9.17, 15) is 40.5 Å². The van der Waals surface area contributed by atoms with Crippen LogP contribution in [0, 0.1) is 22.7 Å². The summed E-state index contributed by atoms with van der Waals surface area (Å²) in [5, 5.41) is 93.6. The maximum atomic E-state index is 15.2. The van der Waals surface area contributed by atoms with Gasteiger partial charge in [0.15, 0.2) is 11.7 Å². The molecule has 2 fully saturated rings. The summed E-state index contributed by atoms with van der Waals surface area (Å²) in [6, 6.07) is 18.9. The maximum Gasteiger partial charge on any atom is 0.243 e. The number of rotatable bonds is 11. The van der Waals surface area contributed by atoms with E-state index in [2.05, 4.69) is 27.5 Å². The molecule has 0 radical (unpaired) electrons. The Bertz CT molecular complexity index is 2990. The molecule has 1 amide bonds. The van der Waals surface area contributed by atoms with Gasteiger partial charge in [0.25, 0.3) is 0 Å². The zero-order valence-electron chi connectivity index (χ0n) is 47.1. The van der Waals surface area contributed by atoms with E-state index in [0.717, 1.165) is 27.8 Å². The summed E-state index contributed by atoms with van der Waals surface area (Å²) in [4.78, 5) is 33.8. The van der Waals surface area contributed by atoms with Crippen LogP contribution >= 0.6 is 0 Å². The molecule has 12 atom stereocenters. The average Bonchev–Trinajstić information content (AvgIpc) is 3.48. The molecular weight excluding hydrogens is 1010 g/mol. The van der Waals surface area contributed by atoms with Crippen LogP contribution in [-0.4, -0.2) is 109 Å². The van der Waals surface area contributed by atoms with Gasteiger partial charge in [0, 0.05) is 42.7 Å². The van der Waals surface area contributed by atoms with Crippen molar-refractivity contribution in [2.45, 2.75) is 147 Å². The van der Waals surface area contributed by atoms with Crippen molar-refractivity contribution in [3.63, 3.8) is 0 Å². The first-order chi connectivity index (χ1) is 38.0. The number of phenolic OH excluding ortho intramolecular Hbond substituents is 1. The van der Waals surface area contributed by atoms with Crippen molar-refractivity contribution in [3.8, 4) is 5.75 Å². The zero-order valence-corrected chi connectivity index (χ0v) is 47.1. The predicted octanol–water partition coefficient (Wildman–Crippen LogP) is 5.43. The average molecular weight is 1100 g/mol. The minimum atomic E-state index is -1.46. The van der Waals surface area contributed by atoms with Crippen molar-refractivity contribution in [2.24, 2.45) is 44.9 Å². The van der Waals surface area contributed by atoms with E-state index in [1.165, 1.54) is 0 Å². The maximum absolute atomic E-state index is 15.2. The van der Waals surface area contributed by atoms with E-state index in [1.807, 2.05) is 81.5 Å². The lowest BCUT2D eigenvalue weighted by Gasteiger charge is -2.57. The second kappa shape index (κ2) is 24.6. The summed E-state index contributed by atoms with van der Waals surface area (Å²) in [6.45, 7) is 13.8. The Morgan fingerprint density at radius 3 is 2.40 bits per heavy atom. The lowest BCUT2D eigenvalue weighted by Crippen LogP contribution is -2.61. The van der Waals surface area contributed by atoms with Crippen LogP contribution in [0.1, 0.15) is 131 Å². The third kappa shape index (κ3) is 12.1. The monoisotopic (exact) mass is 1100 g/mol. The lowest BCUT2D eigenvalue weighted by atomic mass is 9.51. The highest BCUT2D eigenvalue weighted by Gasteiger charge is 2.68. The number of ketones is 1. The number of Topliss-reactive ketones (excluding diaryl/α,β-unsaturated/α-hetero) is 1. The number of aromatic hydroxyl groups is 1. The van der Waals surface area contributed by atoms with Gasteiger partial charge in [-0.1, -0.05) is 104 Å². The molecule has 5 aliphatic rings. The molecule has 0 saturated heterocycles. The Morgan fingerprint density at radius 1 is 1.00 bits per heavy atom. The molecule has 8 rings (SSSR count). The van der Waals surface area contributed by atoms with Gasteiger partial charge < -0.3 is 58.3 Å². The molecule has 2 bridgehead atoms. The van der Waals surface area contributed by atoms with Gasteiger partial charge in [-0.15, -0.1) is 0 Å². The fourth-order valence-corrected chi connectivity index (χ4v) is 14.0. The highest BCUT2D eigenvalue weighted by Crippen LogP contribution is 2.67. The van der Waals surface area contributed by atoms with E-state index in [1.54, 1.807) is 50.3 Å². The quantitative estimate of drug-likeness (QED) is 0.0494. The number of likely N-dealkylation sites (N-methyl/N-ethyl adjacent to an activating group) is 1. The highest BCUT2D eigenvalue weighted by molar-refractivity contribution is 5.98. The number of fused-ring (bicyclic) bond motifs is 4. The topological polar surface area (TPSA) is 302 Å². The van der Waals surface area contributed by atoms with Crippen LogP contribution in [0.15, 0.2) is 142 Å². The smallest absolute Gasteiger partial charge is 0.243 e. The summed E-state index contributed by atoms with van der Waals surface area (Å²) in [5.41, 5.74) is 21.3. The van der Waals surface area contributed by atoms with Gasteiger partial charge in [-0.3, -0.25) is 25.2 Å². The summed E-state index contributed by atoms with van der Waals surface area (Å²) in [7, 11) is 0. The molecular formula is C64H85N7O9. The van der Waals surface area contributed by atoms with Crippen LogP contribution in [0.3, 0.4) is 0 Å². The number of benzene rings is 3. The molecule has 3 aromatic carbocycles. The van der Waals surface area contributed by atoms with E-state index in [4.69, 9.17) is 17.2 Å². The number of guanidine groups is 1. The number of aliphatic imine (C=N–C) groups is 1. The van der Waals surface area contributed by atoms with Gasteiger partial charge in [-0.05, 0) is 171 Å². The molecule has 2 heterocycles. The van der Waals surface area contributed by atoms with E-state index in [-0.39, 0.29) is 56.3 Å². The van der Waals surface area contributed by atoms with E-state index < -0.39 is 82.9 Å². The first kappa shape index (κ1) is 60.1. The molecule has 80 heavy (non-hydrogen) atoms. The Kier molecular flexibility index (Phi) is 18.5. The normalized spacial score (nSPS) is 31.8. The Labute approximate surface area is 471 Å². The van der Waals surface area contributed by atoms with Crippen molar-refractivity contribution >= 4 is 17.6 Å². The van der Waals surface area contributed by atoms with E-state index in [0.29, 0.717) is 84.1 Å². The van der Waals surface area contributed by atoms with Crippen LogP contribution in [0.25, 0.3) is 0 Å². The molecule has 16 nitrogen and oxygen atoms in total. The Balaban J connectivity index is 1.22. The van der Waals surface area contributed by atoms with Crippen molar-refractivity contribution in [1.82, 2.24) is 16.0 Å². The number of carbonyl (C=O) groups is 2. The number of hydrogen-bond donors (Lipinski definition) is 13. The van der Waals surface area contributed by atoms with Gasteiger partial charge >= 0.3 is 0 Å². The third-order valence-corrected chi connectivity index (χ3v) is 18.4. The Morgan fingerprint density at radius 2 is 1.71 bits per heavy atom.